The van der Waals surface area contributed by atoms with Crippen LogP contribution in [0.1, 0.15) is 22.3 Å². The quantitative estimate of drug-likeness (QED) is 0.385. The summed E-state index contributed by atoms with van der Waals surface area (Å²) in [5.41, 5.74) is 4.26. The van der Waals surface area contributed by atoms with Crippen LogP contribution in [-0.4, -0.2) is 28.5 Å². The van der Waals surface area contributed by atoms with E-state index in [9.17, 15) is 14.4 Å². The van der Waals surface area contributed by atoms with E-state index in [0.29, 0.717) is 23.1 Å². The van der Waals surface area contributed by atoms with Gasteiger partial charge in [-0.25, -0.2) is 0 Å². The highest BCUT2D eigenvalue weighted by atomic mass is 35.5. The van der Waals surface area contributed by atoms with Crippen LogP contribution >= 0.6 is 23.4 Å². The molecular weight excluding hydrogens is 484 g/mol. The van der Waals surface area contributed by atoms with Crippen LogP contribution in [0.15, 0.2) is 71.6 Å². The minimum absolute atomic E-state index is 0.263. The molecule has 1 aliphatic rings. The molecule has 1 N–H and O–H groups in total. The van der Waals surface area contributed by atoms with Gasteiger partial charge < -0.3 is 10.1 Å². The number of aryl methyl sites for hydroxylation is 2. The summed E-state index contributed by atoms with van der Waals surface area (Å²) in [6.07, 6.45) is 1.63. The first-order valence-electron chi connectivity index (χ1n) is 10.9. The van der Waals surface area contributed by atoms with Gasteiger partial charge >= 0.3 is 0 Å². The first kappa shape index (κ1) is 24.6. The lowest BCUT2D eigenvalue weighted by atomic mass is 10.1. The van der Waals surface area contributed by atoms with Crippen molar-refractivity contribution < 1.29 is 19.1 Å². The van der Waals surface area contributed by atoms with E-state index in [-0.39, 0.29) is 11.4 Å². The highest BCUT2D eigenvalue weighted by Gasteiger charge is 2.36. The number of halogens is 1. The number of carbonyl (C=O) groups is 3. The van der Waals surface area contributed by atoms with Crippen LogP contribution in [0.4, 0.5) is 10.5 Å². The average Bonchev–Trinajstić information content (AvgIpc) is 3.08. The fourth-order valence-corrected chi connectivity index (χ4v) is 4.54. The number of anilines is 1. The number of rotatable bonds is 7. The van der Waals surface area contributed by atoms with Gasteiger partial charge in [0.25, 0.3) is 11.1 Å². The molecule has 1 fully saturated rings. The molecule has 35 heavy (non-hydrogen) atoms. The standard InChI is InChI=1S/C27H23ClN2O4S/c1-17-7-12-23(18(2)13-17)29-25(31)15-30-26(32)24(35-27(30)33)14-19-8-10-21(11-9-19)34-16-20-5-3-4-6-22(20)28/h3-14H,15-16H2,1-2H3,(H,29,31)/b24-14+. The van der Waals surface area contributed by atoms with Gasteiger partial charge in [0, 0.05) is 16.3 Å². The van der Waals surface area contributed by atoms with Crippen LogP contribution in [0, 0.1) is 13.8 Å². The molecule has 3 amide bonds. The predicted octanol–water partition coefficient (Wildman–Crippen LogP) is 6.21. The maximum Gasteiger partial charge on any atom is 0.294 e. The summed E-state index contributed by atoms with van der Waals surface area (Å²) >= 11 is 6.97. The van der Waals surface area contributed by atoms with E-state index in [0.717, 1.165) is 38.9 Å². The first-order chi connectivity index (χ1) is 16.8. The molecule has 0 spiro atoms. The molecule has 0 unspecified atom stereocenters. The molecular formula is C27H23ClN2O4S. The molecule has 1 heterocycles. The molecule has 6 nitrogen and oxygen atoms in total. The smallest absolute Gasteiger partial charge is 0.294 e. The highest BCUT2D eigenvalue weighted by molar-refractivity contribution is 8.18. The molecule has 8 heteroatoms. The number of hydrogen-bond donors (Lipinski definition) is 1. The highest BCUT2D eigenvalue weighted by Crippen LogP contribution is 2.32. The van der Waals surface area contributed by atoms with E-state index < -0.39 is 17.1 Å². The van der Waals surface area contributed by atoms with Crippen molar-refractivity contribution in [2.45, 2.75) is 20.5 Å². The number of hydrogen-bond acceptors (Lipinski definition) is 5. The maximum absolute atomic E-state index is 12.8. The van der Waals surface area contributed by atoms with Crippen molar-refractivity contribution in [3.63, 3.8) is 0 Å². The van der Waals surface area contributed by atoms with Crippen molar-refractivity contribution in [3.8, 4) is 5.75 Å². The predicted molar refractivity (Wildman–Crippen MR) is 139 cm³/mol. The topological polar surface area (TPSA) is 75.7 Å². The molecule has 0 bridgehead atoms. The van der Waals surface area contributed by atoms with Gasteiger partial charge in [0.2, 0.25) is 5.91 Å². The Hall–Kier alpha value is -3.55. The minimum atomic E-state index is -0.491. The van der Waals surface area contributed by atoms with Crippen molar-refractivity contribution in [2.75, 3.05) is 11.9 Å². The van der Waals surface area contributed by atoms with Gasteiger partial charge in [0.05, 0.1) is 4.91 Å². The van der Waals surface area contributed by atoms with Gasteiger partial charge in [0.15, 0.2) is 0 Å². The Kier molecular flexibility index (Phi) is 7.58. The average molecular weight is 507 g/mol. The van der Waals surface area contributed by atoms with Crippen molar-refractivity contribution in [1.29, 1.82) is 0 Å². The van der Waals surface area contributed by atoms with Crippen LogP contribution in [-0.2, 0) is 16.2 Å². The first-order valence-corrected chi connectivity index (χ1v) is 12.1. The molecule has 0 radical (unpaired) electrons. The van der Waals surface area contributed by atoms with E-state index >= 15 is 0 Å². The molecule has 0 aliphatic carbocycles. The summed E-state index contributed by atoms with van der Waals surface area (Å²) in [5, 5.41) is 2.93. The van der Waals surface area contributed by atoms with Gasteiger partial charge in [-0.1, -0.05) is 59.6 Å². The van der Waals surface area contributed by atoms with Gasteiger partial charge in [0.1, 0.15) is 18.9 Å². The van der Waals surface area contributed by atoms with Crippen LogP contribution in [0.25, 0.3) is 6.08 Å². The Morgan fingerprint density at radius 1 is 1.06 bits per heavy atom. The Bertz CT molecular complexity index is 1320. The Morgan fingerprint density at radius 2 is 1.80 bits per heavy atom. The normalized spacial score (nSPS) is 14.5. The Morgan fingerprint density at radius 3 is 2.51 bits per heavy atom. The fourth-order valence-electron chi connectivity index (χ4n) is 3.51. The second kappa shape index (κ2) is 10.8. The second-order valence-electron chi connectivity index (χ2n) is 8.08. The number of ether oxygens (including phenoxy) is 1. The Balaban J connectivity index is 1.37. The van der Waals surface area contributed by atoms with Crippen LogP contribution in [0.2, 0.25) is 5.02 Å². The van der Waals surface area contributed by atoms with Crippen LogP contribution in [0.3, 0.4) is 0 Å². The summed E-state index contributed by atoms with van der Waals surface area (Å²) < 4.78 is 5.78. The zero-order chi connectivity index (χ0) is 24.9. The lowest BCUT2D eigenvalue weighted by Crippen LogP contribution is -2.36. The van der Waals surface area contributed by atoms with Crippen LogP contribution < -0.4 is 10.1 Å². The molecule has 3 aromatic rings. The third-order valence-corrected chi connectivity index (χ3v) is 6.64. The maximum atomic E-state index is 12.8. The van der Waals surface area contributed by atoms with Gasteiger partial charge in [-0.3, -0.25) is 19.3 Å². The van der Waals surface area contributed by atoms with E-state index in [4.69, 9.17) is 16.3 Å². The molecule has 178 valence electrons. The SMILES string of the molecule is Cc1ccc(NC(=O)CN2C(=O)S/C(=C/c3ccc(OCc4ccccc4Cl)cc3)C2=O)c(C)c1. The summed E-state index contributed by atoms with van der Waals surface area (Å²) in [6.45, 7) is 3.84. The second-order valence-corrected chi connectivity index (χ2v) is 9.48. The van der Waals surface area contributed by atoms with Crippen LogP contribution in [0.5, 0.6) is 5.75 Å². The van der Waals surface area contributed by atoms with E-state index in [1.807, 2.05) is 50.2 Å². The molecule has 1 saturated heterocycles. The number of benzene rings is 3. The van der Waals surface area contributed by atoms with E-state index in [2.05, 4.69) is 5.32 Å². The summed E-state index contributed by atoms with van der Waals surface area (Å²) in [6, 6.07) is 20.3. The fraction of sp³-hybridized carbons (Fsp3) is 0.148. The molecule has 0 saturated carbocycles. The number of imide groups is 1. The van der Waals surface area contributed by atoms with Crippen molar-refractivity contribution in [1.82, 2.24) is 4.90 Å². The summed E-state index contributed by atoms with van der Waals surface area (Å²) in [7, 11) is 0. The number of nitrogens with one attached hydrogen (secondary N) is 1. The third kappa shape index (κ3) is 6.12. The summed E-state index contributed by atoms with van der Waals surface area (Å²) in [5.74, 6) is -0.270. The monoisotopic (exact) mass is 506 g/mol. The number of carbonyl (C=O) groups excluding carboxylic acids is 3. The summed E-state index contributed by atoms with van der Waals surface area (Å²) in [4.78, 5) is 38.9. The number of thioether (sulfide) groups is 1. The number of nitrogens with zero attached hydrogens (tertiary/aromatic N) is 1. The number of amides is 3. The molecule has 3 aromatic carbocycles. The van der Waals surface area contributed by atoms with Crippen molar-refractivity contribution in [3.05, 3.63) is 98.9 Å². The van der Waals surface area contributed by atoms with Gasteiger partial charge in [-0.15, -0.1) is 0 Å². The van der Waals surface area contributed by atoms with Crippen molar-refractivity contribution >= 4 is 52.2 Å². The molecule has 0 atom stereocenters. The van der Waals surface area contributed by atoms with E-state index in [1.54, 1.807) is 36.4 Å². The zero-order valence-electron chi connectivity index (χ0n) is 19.2. The molecule has 0 aromatic heterocycles. The largest absolute Gasteiger partial charge is 0.489 e. The minimum Gasteiger partial charge on any atom is -0.489 e. The van der Waals surface area contributed by atoms with Gasteiger partial charge in [-0.05, 0) is 67.1 Å². The van der Waals surface area contributed by atoms with Gasteiger partial charge in [-0.2, -0.15) is 0 Å². The zero-order valence-corrected chi connectivity index (χ0v) is 20.8. The lowest BCUT2D eigenvalue weighted by molar-refractivity contribution is -0.127. The molecule has 4 rings (SSSR count). The third-order valence-electron chi connectivity index (χ3n) is 5.36. The Labute approximate surface area is 212 Å². The molecule has 1 aliphatic heterocycles. The lowest BCUT2D eigenvalue weighted by Gasteiger charge is -2.14. The van der Waals surface area contributed by atoms with E-state index in [1.165, 1.54) is 0 Å². The van der Waals surface area contributed by atoms with Crippen molar-refractivity contribution in [2.24, 2.45) is 0 Å².